The molecule has 0 saturated carbocycles. The summed E-state index contributed by atoms with van der Waals surface area (Å²) in [5.41, 5.74) is 0.700. The first-order chi connectivity index (χ1) is 6.13. The van der Waals surface area contributed by atoms with E-state index >= 15 is 0 Å². The SMILES string of the molecule is FC(=Cc1ccc(Cl)c(Cl)c1)CBr. The largest absolute Gasteiger partial charge is 0.211 e. The molecular weight excluding hydrogens is 278 g/mol. The van der Waals surface area contributed by atoms with Crippen LogP contribution in [0.25, 0.3) is 6.08 Å². The van der Waals surface area contributed by atoms with Crippen LogP contribution in [0.1, 0.15) is 5.56 Å². The summed E-state index contributed by atoms with van der Waals surface area (Å²) >= 11 is 14.4. The number of hydrogen-bond acceptors (Lipinski definition) is 0. The van der Waals surface area contributed by atoms with Gasteiger partial charge in [0.25, 0.3) is 0 Å². The van der Waals surface area contributed by atoms with Crippen molar-refractivity contribution in [1.29, 1.82) is 0 Å². The predicted octanol–water partition coefficient (Wildman–Crippen LogP) is 4.70. The normalized spacial score (nSPS) is 11.8. The van der Waals surface area contributed by atoms with Crippen molar-refractivity contribution in [2.75, 3.05) is 5.33 Å². The fraction of sp³-hybridized carbons (Fsp3) is 0.111. The van der Waals surface area contributed by atoms with Crippen molar-refractivity contribution in [3.05, 3.63) is 39.6 Å². The van der Waals surface area contributed by atoms with E-state index in [4.69, 9.17) is 23.2 Å². The first-order valence-electron chi connectivity index (χ1n) is 3.50. The van der Waals surface area contributed by atoms with Crippen LogP contribution in [-0.4, -0.2) is 5.33 Å². The number of halogens is 4. The first kappa shape index (κ1) is 11.0. The lowest BCUT2D eigenvalue weighted by Crippen LogP contribution is -1.77. The van der Waals surface area contributed by atoms with Crippen LogP contribution in [0.3, 0.4) is 0 Å². The summed E-state index contributed by atoms with van der Waals surface area (Å²) in [4.78, 5) is 0. The fourth-order valence-electron chi connectivity index (χ4n) is 0.822. The molecule has 0 atom stereocenters. The van der Waals surface area contributed by atoms with E-state index < -0.39 is 0 Å². The quantitative estimate of drug-likeness (QED) is 0.690. The molecule has 0 radical (unpaired) electrons. The maximum Gasteiger partial charge on any atom is 0.111 e. The zero-order valence-corrected chi connectivity index (χ0v) is 9.63. The summed E-state index contributed by atoms with van der Waals surface area (Å²) in [6.45, 7) is 0. The number of alkyl halides is 1. The summed E-state index contributed by atoms with van der Waals surface area (Å²) in [5, 5.41) is 1.10. The summed E-state index contributed by atoms with van der Waals surface area (Å²) in [7, 11) is 0. The van der Waals surface area contributed by atoms with Gasteiger partial charge in [-0.05, 0) is 23.8 Å². The molecule has 13 heavy (non-hydrogen) atoms. The minimum atomic E-state index is -0.251. The zero-order chi connectivity index (χ0) is 9.84. The third-order valence-corrected chi connectivity index (χ3v) is 2.67. The Kier molecular flexibility index (Phi) is 4.23. The van der Waals surface area contributed by atoms with Crippen molar-refractivity contribution in [2.24, 2.45) is 0 Å². The minimum absolute atomic E-state index is 0.202. The second-order valence-corrected chi connectivity index (χ2v) is 3.77. The van der Waals surface area contributed by atoms with Crippen molar-refractivity contribution in [3.8, 4) is 0 Å². The smallest absolute Gasteiger partial charge is 0.111 e. The van der Waals surface area contributed by atoms with Gasteiger partial charge in [-0.25, -0.2) is 4.39 Å². The summed E-state index contributed by atoms with van der Waals surface area (Å²) in [6, 6.07) is 4.96. The van der Waals surface area contributed by atoms with Gasteiger partial charge in [-0.3, -0.25) is 0 Å². The van der Waals surface area contributed by atoms with Gasteiger partial charge in [-0.1, -0.05) is 45.2 Å². The lowest BCUT2D eigenvalue weighted by atomic mass is 10.2. The van der Waals surface area contributed by atoms with Crippen molar-refractivity contribution in [2.45, 2.75) is 0 Å². The van der Waals surface area contributed by atoms with Crippen LogP contribution in [0.4, 0.5) is 4.39 Å². The molecule has 0 unspecified atom stereocenters. The highest BCUT2D eigenvalue weighted by molar-refractivity contribution is 9.09. The van der Waals surface area contributed by atoms with Gasteiger partial charge in [0, 0.05) is 0 Å². The van der Waals surface area contributed by atoms with Crippen LogP contribution in [-0.2, 0) is 0 Å². The highest BCUT2D eigenvalue weighted by Crippen LogP contribution is 2.23. The van der Waals surface area contributed by atoms with Gasteiger partial charge in [0.15, 0.2) is 0 Å². The van der Waals surface area contributed by atoms with E-state index in [1.807, 2.05) is 0 Å². The van der Waals surface area contributed by atoms with Gasteiger partial charge in [0.05, 0.1) is 15.4 Å². The second kappa shape index (κ2) is 4.99. The maximum absolute atomic E-state index is 12.8. The number of rotatable bonds is 2. The Morgan fingerprint density at radius 3 is 2.62 bits per heavy atom. The van der Waals surface area contributed by atoms with Crippen LogP contribution in [0.15, 0.2) is 24.0 Å². The molecule has 1 rings (SSSR count). The van der Waals surface area contributed by atoms with Gasteiger partial charge < -0.3 is 0 Å². The minimum Gasteiger partial charge on any atom is -0.211 e. The number of hydrogen-bond donors (Lipinski definition) is 0. The lowest BCUT2D eigenvalue weighted by molar-refractivity contribution is 0.654. The number of allylic oxidation sites excluding steroid dienone is 1. The molecule has 0 aromatic heterocycles. The molecule has 1 aromatic carbocycles. The van der Waals surface area contributed by atoms with Gasteiger partial charge in [-0.2, -0.15) is 0 Å². The van der Waals surface area contributed by atoms with E-state index in [1.54, 1.807) is 18.2 Å². The molecule has 0 fully saturated rings. The molecule has 4 heteroatoms. The van der Waals surface area contributed by atoms with Crippen LogP contribution in [0.2, 0.25) is 10.0 Å². The Morgan fingerprint density at radius 2 is 2.08 bits per heavy atom. The molecule has 0 bridgehead atoms. The third kappa shape index (κ3) is 3.29. The summed E-state index contributed by atoms with van der Waals surface area (Å²) < 4.78 is 12.8. The molecule has 70 valence electrons. The summed E-state index contributed by atoms with van der Waals surface area (Å²) in [5.74, 6) is -0.251. The van der Waals surface area contributed by atoms with Crippen LogP contribution >= 0.6 is 39.1 Å². The van der Waals surface area contributed by atoms with Gasteiger partial charge >= 0.3 is 0 Å². The highest BCUT2D eigenvalue weighted by atomic mass is 79.9. The molecule has 0 aliphatic carbocycles. The van der Waals surface area contributed by atoms with E-state index in [9.17, 15) is 4.39 Å². The van der Waals surface area contributed by atoms with E-state index in [-0.39, 0.29) is 11.2 Å². The van der Waals surface area contributed by atoms with Crippen LogP contribution in [0, 0.1) is 0 Å². The van der Waals surface area contributed by atoms with Crippen LogP contribution < -0.4 is 0 Å². The average molecular weight is 284 g/mol. The predicted molar refractivity (Wildman–Crippen MR) is 59.3 cm³/mol. The van der Waals surface area contributed by atoms with E-state index in [0.717, 1.165) is 0 Å². The molecule has 0 amide bonds. The average Bonchev–Trinajstić information content (AvgIpc) is 2.11. The van der Waals surface area contributed by atoms with E-state index in [1.165, 1.54) is 6.08 Å². The first-order valence-corrected chi connectivity index (χ1v) is 5.38. The highest BCUT2D eigenvalue weighted by Gasteiger charge is 1.98. The van der Waals surface area contributed by atoms with Crippen molar-refractivity contribution in [3.63, 3.8) is 0 Å². The number of benzene rings is 1. The van der Waals surface area contributed by atoms with Gasteiger partial charge in [-0.15, -0.1) is 0 Å². The Bertz CT molecular complexity index is 336. The Morgan fingerprint density at radius 1 is 1.38 bits per heavy atom. The van der Waals surface area contributed by atoms with Crippen molar-refractivity contribution in [1.82, 2.24) is 0 Å². The second-order valence-electron chi connectivity index (χ2n) is 2.40. The standard InChI is InChI=1S/C9H6BrCl2F/c10-5-7(13)3-6-1-2-8(11)9(12)4-6/h1-4H,5H2. The molecule has 0 spiro atoms. The van der Waals surface area contributed by atoms with Gasteiger partial charge in [0.1, 0.15) is 5.83 Å². The Balaban J connectivity index is 2.98. The fourth-order valence-corrected chi connectivity index (χ4v) is 1.29. The Labute approximate surface area is 94.5 Å². The molecule has 0 aliphatic heterocycles. The molecule has 1 aromatic rings. The topological polar surface area (TPSA) is 0 Å². The zero-order valence-electron chi connectivity index (χ0n) is 6.53. The van der Waals surface area contributed by atoms with E-state index in [0.29, 0.717) is 15.6 Å². The Hall–Kier alpha value is -0.0500. The van der Waals surface area contributed by atoms with E-state index in [2.05, 4.69) is 15.9 Å². The van der Waals surface area contributed by atoms with Gasteiger partial charge in [0.2, 0.25) is 0 Å². The lowest BCUT2D eigenvalue weighted by Gasteiger charge is -1.97. The maximum atomic E-state index is 12.8. The van der Waals surface area contributed by atoms with Crippen molar-refractivity contribution >= 4 is 45.2 Å². The van der Waals surface area contributed by atoms with Crippen molar-refractivity contribution < 1.29 is 4.39 Å². The molecule has 0 saturated heterocycles. The molecule has 0 nitrogen and oxygen atoms in total. The monoisotopic (exact) mass is 282 g/mol. The molecule has 0 N–H and O–H groups in total. The van der Waals surface area contributed by atoms with Crippen LogP contribution in [0.5, 0.6) is 0 Å². The molecule has 0 aliphatic rings. The summed E-state index contributed by atoms with van der Waals surface area (Å²) in [6.07, 6.45) is 1.40. The molecule has 0 heterocycles. The molecular formula is C9H6BrCl2F. The third-order valence-electron chi connectivity index (χ3n) is 1.39.